The Morgan fingerprint density at radius 2 is 2.27 bits per heavy atom. The van der Waals surface area contributed by atoms with Crippen LogP contribution in [-0.4, -0.2) is 22.7 Å². The summed E-state index contributed by atoms with van der Waals surface area (Å²) in [4.78, 5) is 3.98. The highest BCUT2D eigenvalue weighted by atomic mass is 19.1. The zero-order valence-electron chi connectivity index (χ0n) is 9.07. The first-order chi connectivity index (χ1) is 7.17. The van der Waals surface area contributed by atoms with Gasteiger partial charge in [0.25, 0.3) is 0 Å². The molecular formula is C11H17FN2O. The molecule has 0 saturated heterocycles. The van der Waals surface area contributed by atoms with Gasteiger partial charge in [-0.05, 0) is 25.5 Å². The molecule has 84 valence electrons. The van der Waals surface area contributed by atoms with E-state index in [9.17, 15) is 4.39 Å². The van der Waals surface area contributed by atoms with Crippen molar-refractivity contribution in [1.29, 1.82) is 0 Å². The fourth-order valence-electron chi connectivity index (χ4n) is 1.38. The SMILES string of the molecule is CC[C@H](CO)NC(C)c1ccc(F)cn1. The molecule has 0 aliphatic rings. The topological polar surface area (TPSA) is 45.1 Å². The number of hydrogen-bond acceptors (Lipinski definition) is 3. The van der Waals surface area contributed by atoms with Crippen molar-refractivity contribution < 1.29 is 9.50 Å². The number of halogens is 1. The summed E-state index contributed by atoms with van der Waals surface area (Å²) in [5, 5.41) is 12.2. The maximum absolute atomic E-state index is 12.6. The van der Waals surface area contributed by atoms with Crippen molar-refractivity contribution in [3.63, 3.8) is 0 Å². The summed E-state index contributed by atoms with van der Waals surface area (Å²) in [6, 6.07) is 3.12. The number of nitrogens with one attached hydrogen (secondary N) is 1. The lowest BCUT2D eigenvalue weighted by Gasteiger charge is -2.19. The van der Waals surface area contributed by atoms with E-state index < -0.39 is 0 Å². The third-order valence-electron chi connectivity index (χ3n) is 2.39. The molecule has 1 unspecified atom stereocenters. The third-order valence-corrected chi connectivity index (χ3v) is 2.39. The van der Waals surface area contributed by atoms with Crippen LogP contribution in [0.25, 0.3) is 0 Å². The van der Waals surface area contributed by atoms with Gasteiger partial charge in [0, 0.05) is 12.1 Å². The number of nitrogens with zero attached hydrogens (tertiary/aromatic N) is 1. The largest absolute Gasteiger partial charge is 0.395 e. The molecule has 0 bridgehead atoms. The molecular weight excluding hydrogens is 195 g/mol. The van der Waals surface area contributed by atoms with E-state index in [2.05, 4.69) is 10.3 Å². The molecule has 0 aromatic carbocycles. The van der Waals surface area contributed by atoms with Gasteiger partial charge < -0.3 is 10.4 Å². The van der Waals surface area contributed by atoms with Crippen LogP contribution >= 0.6 is 0 Å². The Labute approximate surface area is 89.4 Å². The molecule has 15 heavy (non-hydrogen) atoms. The van der Waals surface area contributed by atoms with Crippen molar-refractivity contribution >= 4 is 0 Å². The van der Waals surface area contributed by atoms with Crippen LogP contribution in [0, 0.1) is 5.82 Å². The molecule has 0 fully saturated rings. The predicted molar refractivity (Wildman–Crippen MR) is 56.9 cm³/mol. The Morgan fingerprint density at radius 3 is 2.73 bits per heavy atom. The summed E-state index contributed by atoms with van der Waals surface area (Å²) < 4.78 is 12.6. The average Bonchev–Trinajstić information content (AvgIpc) is 2.26. The van der Waals surface area contributed by atoms with Gasteiger partial charge in [-0.2, -0.15) is 0 Å². The highest BCUT2D eigenvalue weighted by molar-refractivity contribution is 5.09. The zero-order valence-corrected chi connectivity index (χ0v) is 9.07. The van der Waals surface area contributed by atoms with E-state index in [1.165, 1.54) is 12.3 Å². The summed E-state index contributed by atoms with van der Waals surface area (Å²) in [5.41, 5.74) is 0.781. The standard InChI is InChI=1S/C11H17FN2O/c1-3-10(7-15)14-8(2)11-5-4-9(12)6-13-11/h4-6,8,10,14-15H,3,7H2,1-2H3/t8?,10-/m1/s1. The van der Waals surface area contributed by atoms with Gasteiger partial charge in [0.1, 0.15) is 5.82 Å². The quantitative estimate of drug-likeness (QED) is 0.780. The molecule has 0 spiro atoms. The Balaban J connectivity index is 2.60. The van der Waals surface area contributed by atoms with Crippen molar-refractivity contribution in [2.45, 2.75) is 32.4 Å². The van der Waals surface area contributed by atoms with Crippen molar-refractivity contribution in [2.75, 3.05) is 6.61 Å². The zero-order chi connectivity index (χ0) is 11.3. The molecule has 0 radical (unpaired) electrons. The van der Waals surface area contributed by atoms with E-state index in [1.807, 2.05) is 13.8 Å². The minimum Gasteiger partial charge on any atom is -0.395 e. The van der Waals surface area contributed by atoms with E-state index in [-0.39, 0.29) is 24.5 Å². The fourth-order valence-corrected chi connectivity index (χ4v) is 1.38. The number of pyridine rings is 1. The van der Waals surface area contributed by atoms with Crippen LogP contribution in [0.5, 0.6) is 0 Å². The number of aromatic nitrogens is 1. The minimum absolute atomic E-state index is 0.0164. The van der Waals surface area contributed by atoms with Gasteiger partial charge in [0.2, 0.25) is 0 Å². The maximum Gasteiger partial charge on any atom is 0.141 e. The first-order valence-electron chi connectivity index (χ1n) is 5.15. The number of aliphatic hydroxyl groups is 1. The molecule has 1 heterocycles. The molecule has 2 N–H and O–H groups in total. The Morgan fingerprint density at radius 1 is 1.53 bits per heavy atom. The first-order valence-corrected chi connectivity index (χ1v) is 5.15. The van der Waals surface area contributed by atoms with Crippen molar-refractivity contribution in [1.82, 2.24) is 10.3 Å². The van der Waals surface area contributed by atoms with E-state index in [4.69, 9.17) is 5.11 Å². The normalized spacial score (nSPS) is 14.9. The molecule has 0 saturated carbocycles. The van der Waals surface area contributed by atoms with E-state index >= 15 is 0 Å². The van der Waals surface area contributed by atoms with E-state index in [0.29, 0.717) is 0 Å². The van der Waals surface area contributed by atoms with Crippen LogP contribution in [0.4, 0.5) is 4.39 Å². The average molecular weight is 212 g/mol. The second-order valence-corrected chi connectivity index (χ2v) is 3.58. The van der Waals surface area contributed by atoms with E-state index in [1.54, 1.807) is 6.07 Å². The van der Waals surface area contributed by atoms with Gasteiger partial charge in [-0.25, -0.2) is 4.39 Å². The van der Waals surface area contributed by atoms with Crippen molar-refractivity contribution in [3.8, 4) is 0 Å². The Kier molecular flexibility index (Phi) is 4.65. The molecule has 1 aromatic heterocycles. The molecule has 0 aliphatic carbocycles. The predicted octanol–water partition coefficient (Wildman–Crippen LogP) is 1.64. The molecule has 3 nitrogen and oxygen atoms in total. The molecule has 4 heteroatoms. The van der Waals surface area contributed by atoms with Crippen LogP contribution in [0.1, 0.15) is 32.0 Å². The first kappa shape index (κ1) is 12.1. The Hall–Kier alpha value is -1.00. The minimum atomic E-state index is -0.333. The van der Waals surface area contributed by atoms with Crippen LogP contribution < -0.4 is 5.32 Å². The highest BCUT2D eigenvalue weighted by Gasteiger charge is 2.11. The third kappa shape index (κ3) is 3.57. The van der Waals surface area contributed by atoms with E-state index in [0.717, 1.165) is 12.1 Å². The lowest BCUT2D eigenvalue weighted by molar-refractivity contribution is 0.229. The summed E-state index contributed by atoms with van der Waals surface area (Å²) in [5.74, 6) is -0.333. The molecule has 0 aliphatic heterocycles. The van der Waals surface area contributed by atoms with Gasteiger partial charge in [-0.1, -0.05) is 6.92 Å². The van der Waals surface area contributed by atoms with Gasteiger partial charge in [0.15, 0.2) is 0 Å². The van der Waals surface area contributed by atoms with Crippen molar-refractivity contribution in [3.05, 3.63) is 29.8 Å². The van der Waals surface area contributed by atoms with Crippen LogP contribution in [-0.2, 0) is 0 Å². The van der Waals surface area contributed by atoms with Crippen LogP contribution in [0.15, 0.2) is 18.3 Å². The fraction of sp³-hybridized carbons (Fsp3) is 0.545. The van der Waals surface area contributed by atoms with Gasteiger partial charge in [0.05, 0.1) is 18.5 Å². The number of rotatable bonds is 5. The molecule has 1 rings (SSSR count). The smallest absolute Gasteiger partial charge is 0.141 e. The van der Waals surface area contributed by atoms with Gasteiger partial charge in [-0.3, -0.25) is 4.98 Å². The molecule has 1 aromatic rings. The highest BCUT2D eigenvalue weighted by Crippen LogP contribution is 2.10. The molecule has 0 amide bonds. The Bertz CT molecular complexity index is 285. The van der Waals surface area contributed by atoms with Crippen molar-refractivity contribution in [2.24, 2.45) is 0 Å². The second kappa shape index (κ2) is 5.78. The molecule has 2 atom stereocenters. The van der Waals surface area contributed by atoms with Crippen LogP contribution in [0.2, 0.25) is 0 Å². The second-order valence-electron chi connectivity index (χ2n) is 3.58. The maximum atomic E-state index is 12.6. The number of hydrogen-bond donors (Lipinski definition) is 2. The number of aliphatic hydroxyl groups excluding tert-OH is 1. The monoisotopic (exact) mass is 212 g/mol. The summed E-state index contributed by atoms with van der Waals surface area (Å²) >= 11 is 0. The van der Waals surface area contributed by atoms with Gasteiger partial charge >= 0.3 is 0 Å². The lowest BCUT2D eigenvalue weighted by atomic mass is 10.1. The summed E-state index contributed by atoms with van der Waals surface area (Å²) in [6.07, 6.45) is 2.05. The lowest BCUT2D eigenvalue weighted by Crippen LogP contribution is -2.34. The summed E-state index contributed by atoms with van der Waals surface area (Å²) in [7, 11) is 0. The van der Waals surface area contributed by atoms with Gasteiger partial charge in [-0.15, -0.1) is 0 Å². The summed E-state index contributed by atoms with van der Waals surface area (Å²) in [6.45, 7) is 4.04. The van der Waals surface area contributed by atoms with Crippen LogP contribution in [0.3, 0.4) is 0 Å².